The highest BCUT2D eigenvalue weighted by Crippen LogP contribution is 2.30. The van der Waals surface area contributed by atoms with Gasteiger partial charge in [-0.2, -0.15) is 0 Å². The lowest BCUT2D eigenvalue weighted by Crippen LogP contribution is -2.55. The molecule has 0 aliphatic heterocycles. The summed E-state index contributed by atoms with van der Waals surface area (Å²) in [7, 11) is 0. The van der Waals surface area contributed by atoms with Crippen LogP contribution in [0.15, 0.2) is 27.8 Å². The molecule has 20 heavy (non-hydrogen) atoms. The van der Waals surface area contributed by atoms with E-state index in [1.165, 1.54) is 0 Å². The fourth-order valence-corrected chi connectivity index (χ4v) is 3.02. The Balaban J connectivity index is 2.28. The zero-order valence-electron chi connectivity index (χ0n) is 11.3. The molecule has 0 aromatic heterocycles. The van der Waals surface area contributed by atoms with Crippen molar-refractivity contribution in [2.24, 2.45) is 10.9 Å². The van der Waals surface area contributed by atoms with Gasteiger partial charge in [-0.25, -0.2) is 0 Å². The minimum atomic E-state index is -0.722. The van der Waals surface area contributed by atoms with E-state index in [9.17, 15) is 4.79 Å². The molecule has 6 heteroatoms. The molecule has 1 aliphatic carbocycles. The van der Waals surface area contributed by atoms with Crippen molar-refractivity contribution in [3.63, 3.8) is 0 Å². The van der Waals surface area contributed by atoms with Crippen LogP contribution in [0.3, 0.4) is 0 Å². The van der Waals surface area contributed by atoms with Gasteiger partial charge in [-0.15, -0.1) is 0 Å². The van der Waals surface area contributed by atoms with Crippen LogP contribution in [0.5, 0.6) is 0 Å². The van der Waals surface area contributed by atoms with Crippen molar-refractivity contribution >= 4 is 27.7 Å². The second kappa shape index (κ2) is 5.83. The van der Waals surface area contributed by atoms with Gasteiger partial charge in [0.2, 0.25) is 0 Å². The van der Waals surface area contributed by atoms with Crippen LogP contribution >= 0.6 is 15.9 Å². The summed E-state index contributed by atoms with van der Waals surface area (Å²) in [6.07, 6.45) is 3.30. The van der Waals surface area contributed by atoms with Gasteiger partial charge in [-0.05, 0) is 37.5 Å². The van der Waals surface area contributed by atoms with E-state index in [2.05, 4.69) is 26.4 Å². The molecule has 2 rings (SSSR count). The van der Waals surface area contributed by atoms with Crippen molar-refractivity contribution < 1.29 is 10.0 Å². The second-order valence-electron chi connectivity index (χ2n) is 5.14. The number of nitrogens with one attached hydrogen (secondary N) is 1. The third-order valence-corrected chi connectivity index (χ3v) is 4.78. The Bertz CT molecular complexity index is 551. The van der Waals surface area contributed by atoms with E-state index in [0.29, 0.717) is 18.4 Å². The van der Waals surface area contributed by atoms with E-state index < -0.39 is 5.54 Å². The highest BCUT2D eigenvalue weighted by Gasteiger charge is 2.40. The van der Waals surface area contributed by atoms with Crippen LogP contribution in [0.4, 0.5) is 0 Å². The van der Waals surface area contributed by atoms with Gasteiger partial charge in [0.05, 0.1) is 0 Å². The Kier molecular flexibility index (Phi) is 4.32. The molecule has 0 heterocycles. The summed E-state index contributed by atoms with van der Waals surface area (Å²) in [4.78, 5) is 12.5. The van der Waals surface area contributed by atoms with Gasteiger partial charge in [0.25, 0.3) is 5.91 Å². The van der Waals surface area contributed by atoms with Gasteiger partial charge in [-0.3, -0.25) is 4.79 Å². The fraction of sp³-hybridized carbons (Fsp3) is 0.429. The number of carbonyl (C=O) groups excluding carboxylic acids is 1. The average Bonchev–Trinajstić information content (AvgIpc) is 2.90. The number of hydrogen-bond donors (Lipinski definition) is 3. The van der Waals surface area contributed by atoms with Gasteiger partial charge in [0, 0.05) is 10.0 Å². The summed E-state index contributed by atoms with van der Waals surface area (Å²) >= 11 is 3.41. The molecule has 108 valence electrons. The van der Waals surface area contributed by atoms with Gasteiger partial charge in [0.15, 0.2) is 5.84 Å². The molecule has 1 aromatic carbocycles. The number of nitrogens with zero attached hydrogens (tertiary/aromatic N) is 1. The minimum Gasteiger partial charge on any atom is -0.409 e. The molecule has 5 nitrogen and oxygen atoms in total. The summed E-state index contributed by atoms with van der Waals surface area (Å²) in [5, 5.41) is 15.0. The molecule has 0 unspecified atom stereocenters. The lowest BCUT2D eigenvalue weighted by atomic mass is 9.95. The van der Waals surface area contributed by atoms with E-state index in [4.69, 9.17) is 10.9 Å². The van der Waals surface area contributed by atoms with E-state index in [1.54, 1.807) is 6.07 Å². The Labute approximate surface area is 126 Å². The highest BCUT2D eigenvalue weighted by atomic mass is 79.9. The number of amides is 1. The summed E-state index contributed by atoms with van der Waals surface area (Å²) in [6, 6.07) is 5.47. The Morgan fingerprint density at radius 1 is 1.45 bits per heavy atom. The third-order valence-electron chi connectivity index (χ3n) is 3.92. The monoisotopic (exact) mass is 339 g/mol. The average molecular weight is 340 g/mol. The lowest BCUT2D eigenvalue weighted by molar-refractivity contribution is 0.0922. The van der Waals surface area contributed by atoms with Gasteiger partial charge in [0.1, 0.15) is 5.54 Å². The van der Waals surface area contributed by atoms with Crippen LogP contribution in [-0.2, 0) is 0 Å². The molecule has 0 spiro atoms. The molecule has 4 N–H and O–H groups in total. The number of benzene rings is 1. The highest BCUT2D eigenvalue weighted by molar-refractivity contribution is 9.10. The Morgan fingerprint density at radius 2 is 2.10 bits per heavy atom. The van der Waals surface area contributed by atoms with E-state index in [0.717, 1.165) is 22.9 Å². The molecule has 0 radical (unpaired) electrons. The smallest absolute Gasteiger partial charge is 0.252 e. The van der Waals surface area contributed by atoms with Gasteiger partial charge in [-0.1, -0.05) is 40.0 Å². The van der Waals surface area contributed by atoms with Crippen molar-refractivity contribution in [3.8, 4) is 0 Å². The second-order valence-corrected chi connectivity index (χ2v) is 6.00. The maximum Gasteiger partial charge on any atom is 0.252 e. The summed E-state index contributed by atoms with van der Waals surface area (Å²) in [5.74, 6) is -0.117. The third kappa shape index (κ3) is 2.65. The van der Waals surface area contributed by atoms with Crippen LogP contribution < -0.4 is 11.1 Å². The van der Waals surface area contributed by atoms with Crippen LogP contribution in [-0.4, -0.2) is 22.5 Å². The van der Waals surface area contributed by atoms with Crippen molar-refractivity contribution in [2.75, 3.05) is 0 Å². The van der Waals surface area contributed by atoms with Crippen LogP contribution in [0.2, 0.25) is 0 Å². The predicted molar refractivity (Wildman–Crippen MR) is 81.0 cm³/mol. The van der Waals surface area contributed by atoms with Crippen LogP contribution in [0.1, 0.15) is 41.6 Å². The first-order valence-electron chi connectivity index (χ1n) is 6.56. The van der Waals surface area contributed by atoms with Crippen molar-refractivity contribution in [2.45, 2.75) is 38.1 Å². The number of nitrogens with two attached hydrogens (primary N) is 1. The van der Waals surface area contributed by atoms with Crippen molar-refractivity contribution in [1.82, 2.24) is 5.32 Å². The lowest BCUT2D eigenvalue weighted by Gasteiger charge is -2.29. The molecular formula is C14H18BrN3O2. The van der Waals surface area contributed by atoms with E-state index in [1.807, 2.05) is 19.1 Å². The molecule has 0 atom stereocenters. The number of amidine groups is 1. The van der Waals surface area contributed by atoms with Crippen LogP contribution in [0, 0.1) is 6.92 Å². The number of carbonyl (C=O) groups is 1. The van der Waals surface area contributed by atoms with Crippen molar-refractivity contribution in [3.05, 3.63) is 33.8 Å². The van der Waals surface area contributed by atoms with Gasteiger partial charge >= 0.3 is 0 Å². The molecule has 0 saturated heterocycles. The SMILES string of the molecule is Cc1c(Br)cccc1C(=O)NC1(C(N)=NO)CCCC1. The normalized spacial score (nSPS) is 18.0. The largest absolute Gasteiger partial charge is 0.409 e. The zero-order chi connectivity index (χ0) is 14.8. The molecule has 1 fully saturated rings. The first-order chi connectivity index (χ1) is 9.50. The summed E-state index contributed by atoms with van der Waals surface area (Å²) in [5.41, 5.74) is 6.53. The first kappa shape index (κ1) is 14.8. The van der Waals surface area contributed by atoms with Crippen molar-refractivity contribution in [1.29, 1.82) is 0 Å². The molecule has 0 bridgehead atoms. The number of hydrogen-bond acceptors (Lipinski definition) is 3. The summed E-state index contributed by atoms with van der Waals surface area (Å²) < 4.78 is 0.884. The first-order valence-corrected chi connectivity index (χ1v) is 7.35. The predicted octanol–water partition coefficient (Wildman–Crippen LogP) is 2.55. The minimum absolute atomic E-state index is 0.0796. The topological polar surface area (TPSA) is 87.7 Å². The molecule has 1 amide bonds. The standard InChI is InChI=1S/C14H18BrN3O2/c1-9-10(5-4-6-11(9)15)12(19)17-14(13(16)18-20)7-2-3-8-14/h4-6,20H,2-3,7-8H2,1H3,(H2,16,18)(H,17,19). The molecule has 1 aromatic rings. The van der Waals surface area contributed by atoms with E-state index in [-0.39, 0.29) is 11.7 Å². The van der Waals surface area contributed by atoms with Gasteiger partial charge < -0.3 is 16.3 Å². The fourth-order valence-electron chi connectivity index (χ4n) is 2.66. The maximum atomic E-state index is 12.5. The number of halogens is 1. The number of rotatable bonds is 3. The Morgan fingerprint density at radius 3 is 2.70 bits per heavy atom. The molecule has 1 aliphatic rings. The zero-order valence-corrected chi connectivity index (χ0v) is 12.9. The summed E-state index contributed by atoms with van der Waals surface area (Å²) in [6.45, 7) is 1.88. The Hall–Kier alpha value is -1.56. The van der Waals surface area contributed by atoms with E-state index >= 15 is 0 Å². The quantitative estimate of drug-likeness (QED) is 0.342. The number of oxime groups is 1. The maximum absolute atomic E-state index is 12.5. The molecule has 1 saturated carbocycles. The molecular weight excluding hydrogens is 322 g/mol. The van der Waals surface area contributed by atoms with Crippen LogP contribution in [0.25, 0.3) is 0 Å².